The van der Waals surface area contributed by atoms with E-state index in [1.165, 1.54) is 9.79 Å². The first kappa shape index (κ1) is 25.7. The second-order valence-electron chi connectivity index (χ2n) is 7.12. The van der Waals surface area contributed by atoms with Crippen molar-refractivity contribution >= 4 is 41.3 Å². The van der Waals surface area contributed by atoms with Crippen LogP contribution < -0.4 is 4.90 Å². The summed E-state index contributed by atoms with van der Waals surface area (Å²) in [5, 5.41) is 16.0. The Labute approximate surface area is 211 Å². The molecule has 1 heterocycles. The van der Waals surface area contributed by atoms with Gasteiger partial charge in [-0.15, -0.1) is 0 Å². The van der Waals surface area contributed by atoms with Crippen LogP contribution in [0.15, 0.2) is 100.0 Å². The lowest BCUT2D eigenvalue weighted by Crippen LogP contribution is -3.06. The lowest BCUT2D eigenvalue weighted by Gasteiger charge is -2.20. The van der Waals surface area contributed by atoms with E-state index in [0.717, 1.165) is 16.0 Å². The summed E-state index contributed by atoms with van der Waals surface area (Å²) in [6.07, 6.45) is 5.46. The molecule has 0 fully saturated rings. The van der Waals surface area contributed by atoms with Crippen LogP contribution in [-0.4, -0.2) is 18.0 Å². The molecular weight excluding hydrogens is 497 g/mol. The third kappa shape index (κ3) is 8.48. The molecule has 1 aliphatic rings. The van der Waals surface area contributed by atoms with Crippen LogP contribution in [0.4, 0.5) is 0 Å². The summed E-state index contributed by atoms with van der Waals surface area (Å²) in [6.45, 7) is 1.19. The molecule has 1 aliphatic heterocycles. The van der Waals surface area contributed by atoms with Crippen molar-refractivity contribution in [2.45, 2.75) is 22.5 Å². The first-order valence-electron chi connectivity index (χ1n) is 10.2. The largest absolute Gasteiger partial charge is 0.363 e. The van der Waals surface area contributed by atoms with Crippen LogP contribution in [-0.2, 0) is 11.3 Å². The monoisotopic (exact) mass is 517 g/mol. The Balaban J connectivity index is 0.000000751. The van der Waals surface area contributed by atoms with Crippen LogP contribution in [0.3, 0.4) is 0 Å². The average molecular weight is 518 g/mol. The Hall–Kier alpha value is -2.88. The lowest BCUT2D eigenvalue weighted by atomic mass is 10.1. The van der Waals surface area contributed by atoms with E-state index < -0.39 is 5.09 Å². The number of quaternary nitrogens is 1. The smallest absolute Gasteiger partial charge is 0.193 e. The number of aliphatic imine (C=N–C) groups is 1. The maximum absolute atomic E-state index is 8.25. The van der Waals surface area contributed by atoms with Gasteiger partial charge in [0.15, 0.2) is 6.34 Å². The molecule has 0 spiro atoms. The molecule has 0 bridgehead atoms. The van der Waals surface area contributed by atoms with Gasteiger partial charge in [-0.2, -0.15) is 0 Å². The molecule has 34 heavy (non-hydrogen) atoms. The zero-order valence-electron chi connectivity index (χ0n) is 17.8. The zero-order valence-corrected chi connectivity index (χ0v) is 20.2. The van der Waals surface area contributed by atoms with Crippen molar-refractivity contribution in [3.63, 3.8) is 0 Å². The summed E-state index contributed by atoms with van der Waals surface area (Å²) in [6, 6.07) is 24.4. The van der Waals surface area contributed by atoms with Crippen molar-refractivity contribution in [3.05, 3.63) is 122 Å². The Morgan fingerprint density at radius 2 is 1.68 bits per heavy atom. The minimum atomic E-state index is -1.75. The third-order valence-corrected chi connectivity index (χ3v) is 6.28. The highest BCUT2D eigenvalue weighted by Crippen LogP contribution is 2.30. The number of hydrogen-bond acceptors (Lipinski definition) is 6. The van der Waals surface area contributed by atoms with Crippen LogP contribution in [0.5, 0.6) is 0 Å². The number of nitrogens with zero attached hydrogens (tertiary/aromatic N) is 2. The van der Waals surface area contributed by atoms with Crippen molar-refractivity contribution < 1.29 is 14.7 Å². The molecule has 3 aromatic carbocycles. The molecule has 176 valence electrons. The molecule has 2 atom stereocenters. The summed E-state index contributed by atoms with van der Waals surface area (Å²) in [4.78, 5) is 15.9. The van der Waals surface area contributed by atoms with Gasteiger partial charge in [0.25, 0.3) is 0 Å². The SMILES string of the molecule is Clc1ccc(C(C[NH+]2C=CN=C2)OCc2ccc(Sc3ccccc3)cc2)c(Cl)c1.O=[N+]([O-])[O-]. The summed E-state index contributed by atoms with van der Waals surface area (Å²) in [7, 11) is 0. The van der Waals surface area contributed by atoms with Gasteiger partial charge in [0.2, 0.25) is 0 Å². The standard InChI is InChI=1S/C24H20Cl2N2OS.NO3/c25-19-8-11-22(23(26)14-19)24(15-28-13-12-27-17-28)29-16-18-6-9-21(10-7-18)30-20-4-2-1-3-5-20;2-1(3)4/h1-14,17,24H,15-16H2;/q;-1/p+1. The van der Waals surface area contributed by atoms with Crippen molar-refractivity contribution in [2.24, 2.45) is 4.99 Å². The van der Waals surface area contributed by atoms with E-state index in [9.17, 15) is 0 Å². The van der Waals surface area contributed by atoms with Crippen LogP contribution in [0, 0.1) is 15.3 Å². The molecular formula is C24H21Cl2N3O4S. The molecule has 0 aliphatic carbocycles. The molecule has 0 saturated heterocycles. The fourth-order valence-corrected chi connectivity index (χ4v) is 4.52. The number of benzene rings is 3. The second-order valence-corrected chi connectivity index (χ2v) is 9.11. The summed E-state index contributed by atoms with van der Waals surface area (Å²) < 4.78 is 6.30. The molecule has 0 aromatic heterocycles. The Bertz CT molecular complexity index is 1130. The van der Waals surface area contributed by atoms with Gasteiger partial charge in [0.1, 0.15) is 18.8 Å². The fraction of sp³-hybridized carbons (Fsp3) is 0.125. The molecule has 0 saturated carbocycles. The average Bonchev–Trinajstić information content (AvgIpc) is 3.31. The minimum absolute atomic E-state index is 0.183. The summed E-state index contributed by atoms with van der Waals surface area (Å²) in [5.41, 5.74) is 2.04. The van der Waals surface area contributed by atoms with Crippen LogP contribution >= 0.6 is 35.0 Å². The topological polar surface area (TPSA) is 92.2 Å². The Morgan fingerprint density at radius 3 is 2.29 bits per heavy atom. The first-order valence-corrected chi connectivity index (χ1v) is 11.7. The van der Waals surface area contributed by atoms with Crippen LogP contribution in [0.25, 0.3) is 0 Å². The van der Waals surface area contributed by atoms with Gasteiger partial charge < -0.3 is 20.1 Å². The van der Waals surface area contributed by atoms with Gasteiger partial charge in [-0.05, 0) is 42.0 Å². The third-order valence-electron chi connectivity index (χ3n) is 4.70. The molecule has 1 N–H and O–H groups in total. The molecule has 3 aromatic rings. The predicted molar refractivity (Wildman–Crippen MR) is 135 cm³/mol. The molecule has 0 amide bonds. The van der Waals surface area contributed by atoms with Gasteiger partial charge in [0.05, 0.1) is 17.9 Å². The van der Waals surface area contributed by atoms with E-state index >= 15 is 0 Å². The van der Waals surface area contributed by atoms with E-state index in [0.29, 0.717) is 23.2 Å². The highest BCUT2D eigenvalue weighted by Gasteiger charge is 2.22. The lowest BCUT2D eigenvalue weighted by molar-refractivity contribution is -0.742. The highest BCUT2D eigenvalue weighted by atomic mass is 35.5. The summed E-state index contributed by atoms with van der Waals surface area (Å²) in [5.74, 6) is 0. The van der Waals surface area contributed by atoms with Crippen LogP contribution in [0.2, 0.25) is 10.0 Å². The van der Waals surface area contributed by atoms with Crippen LogP contribution in [0.1, 0.15) is 17.2 Å². The molecule has 0 radical (unpaired) electrons. The van der Waals surface area contributed by atoms with Crippen molar-refractivity contribution in [1.29, 1.82) is 0 Å². The van der Waals surface area contributed by atoms with Crippen molar-refractivity contribution in [1.82, 2.24) is 0 Å². The minimum Gasteiger partial charge on any atom is -0.363 e. The second kappa shape index (κ2) is 13.1. The molecule has 4 rings (SSSR count). The van der Waals surface area contributed by atoms with Gasteiger partial charge >= 0.3 is 0 Å². The highest BCUT2D eigenvalue weighted by molar-refractivity contribution is 7.99. The normalized spacial score (nSPS) is 14.9. The number of nitrogens with one attached hydrogen (secondary N) is 1. The van der Waals surface area contributed by atoms with Crippen molar-refractivity contribution in [3.8, 4) is 0 Å². The number of halogens is 2. The number of ether oxygens (including phenoxy) is 1. The molecule has 2 unspecified atom stereocenters. The van der Waals surface area contributed by atoms with Crippen molar-refractivity contribution in [2.75, 3.05) is 6.54 Å². The fourth-order valence-electron chi connectivity index (χ4n) is 3.15. The Kier molecular flexibility index (Phi) is 9.93. The van der Waals surface area contributed by atoms with E-state index in [4.69, 9.17) is 43.3 Å². The zero-order chi connectivity index (χ0) is 24.3. The van der Waals surface area contributed by atoms with Gasteiger partial charge in [-0.25, -0.2) is 4.99 Å². The maximum atomic E-state index is 8.25. The quantitative estimate of drug-likeness (QED) is 0.311. The Morgan fingerprint density at radius 1 is 1.00 bits per heavy atom. The van der Waals surface area contributed by atoms with E-state index in [1.54, 1.807) is 24.0 Å². The molecule has 10 heteroatoms. The van der Waals surface area contributed by atoms with E-state index in [-0.39, 0.29) is 6.10 Å². The molecule has 7 nitrogen and oxygen atoms in total. The first-order chi connectivity index (χ1) is 16.4. The summed E-state index contributed by atoms with van der Waals surface area (Å²) >= 11 is 14.3. The maximum Gasteiger partial charge on any atom is 0.193 e. The van der Waals surface area contributed by atoms with Gasteiger partial charge in [-0.3, -0.25) is 4.90 Å². The van der Waals surface area contributed by atoms with E-state index in [2.05, 4.69) is 53.5 Å². The number of hydrogen-bond donors (Lipinski definition) is 1. The van der Waals surface area contributed by atoms with Gasteiger partial charge in [0, 0.05) is 25.4 Å². The van der Waals surface area contributed by atoms with Gasteiger partial charge in [-0.1, -0.05) is 71.4 Å². The number of rotatable bonds is 8. The predicted octanol–water partition coefficient (Wildman–Crippen LogP) is 5.56. The van der Waals surface area contributed by atoms with E-state index in [1.807, 2.05) is 30.7 Å².